The van der Waals surface area contributed by atoms with Gasteiger partial charge in [0.2, 0.25) is 0 Å². The van der Waals surface area contributed by atoms with Gasteiger partial charge >= 0.3 is 0 Å². The van der Waals surface area contributed by atoms with Gasteiger partial charge in [0.05, 0.1) is 16.9 Å². The lowest BCUT2D eigenvalue weighted by atomic mass is 9.80. The van der Waals surface area contributed by atoms with Crippen LogP contribution < -0.4 is 5.32 Å². The quantitative estimate of drug-likeness (QED) is 0.758. The van der Waals surface area contributed by atoms with Crippen LogP contribution in [0.25, 0.3) is 5.69 Å². The van der Waals surface area contributed by atoms with Crippen LogP contribution in [0.5, 0.6) is 0 Å². The fourth-order valence-corrected chi connectivity index (χ4v) is 3.89. The summed E-state index contributed by atoms with van der Waals surface area (Å²) in [5.41, 5.74) is 0.244. The van der Waals surface area contributed by atoms with Crippen LogP contribution in [-0.4, -0.2) is 38.3 Å². The topological polar surface area (TPSA) is 81.9 Å². The molecule has 4 rings (SSSR count). The van der Waals surface area contributed by atoms with E-state index in [2.05, 4.69) is 36.8 Å². The molecule has 3 heterocycles. The van der Waals surface area contributed by atoms with E-state index in [1.54, 1.807) is 10.7 Å². The van der Waals surface area contributed by atoms with E-state index >= 15 is 0 Å². The van der Waals surface area contributed by atoms with Crippen LogP contribution in [0.4, 0.5) is 0 Å². The summed E-state index contributed by atoms with van der Waals surface area (Å²) >= 11 is 3.42. The van der Waals surface area contributed by atoms with E-state index in [1.165, 1.54) is 0 Å². The zero-order valence-electron chi connectivity index (χ0n) is 12.8. The first-order valence-corrected chi connectivity index (χ1v) is 8.25. The van der Waals surface area contributed by atoms with E-state index in [9.17, 15) is 4.79 Å². The maximum Gasteiger partial charge on any atom is 0.254 e. The smallest absolute Gasteiger partial charge is 0.254 e. The maximum absolute atomic E-state index is 12.8. The molecule has 7 nitrogen and oxygen atoms in total. The first-order valence-electron chi connectivity index (χ1n) is 7.46. The highest BCUT2D eigenvalue weighted by molar-refractivity contribution is 9.10. The first kappa shape index (κ1) is 14.8. The molecule has 0 aliphatic carbocycles. The van der Waals surface area contributed by atoms with E-state index in [0.717, 1.165) is 4.47 Å². The Morgan fingerprint density at radius 2 is 2.22 bits per heavy atom. The summed E-state index contributed by atoms with van der Waals surface area (Å²) in [5.74, 6) is 0.523. The molecule has 2 aliphatic heterocycles. The molecule has 1 fully saturated rings. The summed E-state index contributed by atoms with van der Waals surface area (Å²) in [6.07, 6.45) is 1.25. The number of benzene rings is 1. The van der Waals surface area contributed by atoms with Crippen LogP contribution in [0, 0.1) is 0 Å². The van der Waals surface area contributed by atoms with Gasteiger partial charge in [0.25, 0.3) is 5.91 Å². The van der Waals surface area contributed by atoms with Crippen molar-refractivity contribution in [2.75, 3.05) is 6.61 Å². The second kappa shape index (κ2) is 4.85. The molecule has 1 amide bonds. The van der Waals surface area contributed by atoms with Crippen molar-refractivity contribution < 1.29 is 9.53 Å². The highest BCUT2D eigenvalue weighted by Gasteiger charge is 2.48. The fourth-order valence-electron chi connectivity index (χ4n) is 3.53. The number of hydrogen-bond donors (Lipinski definition) is 1. The van der Waals surface area contributed by atoms with E-state index in [4.69, 9.17) is 4.74 Å². The molecule has 1 aromatic heterocycles. The van der Waals surface area contributed by atoms with E-state index in [0.29, 0.717) is 36.5 Å². The SMILES string of the molecule is CC1(C)CC2(CCO1)NC(=O)c1cc(Br)ccc1-n1nnnc12. The van der Waals surface area contributed by atoms with Crippen molar-refractivity contribution in [1.29, 1.82) is 0 Å². The number of nitrogens with zero attached hydrogens (tertiary/aromatic N) is 4. The molecule has 2 aliphatic rings. The summed E-state index contributed by atoms with van der Waals surface area (Å²) in [4.78, 5) is 12.8. The number of halogens is 1. The molecular weight excluding hydrogens is 362 g/mol. The van der Waals surface area contributed by atoms with Crippen LogP contribution in [0.15, 0.2) is 22.7 Å². The third kappa shape index (κ3) is 2.28. The van der Waals surface area contributed by atoms with Crippen LogP contribution in [0.1, 0.15) is 42.9 Å². The predicted molar refractivity (Wildman–Crippen MR) is 85.3 cm³/mol. The Balaban J connectivity index is 1.93. The van der Waals surface area contributed by atoms with Gasteiger partial charge in [-0.1, -0.05) is 15.9 Å². The van der Waals surface area contributed by atoms with Gasteiger partial charge in [-0.2, -0.15) is 4.68 Å². The van der Waals surface area contributed by atoms with E-state index in [1.807, 2.05) is 26.0 Å². The van der Waals surface area contributed by atoms with E-state index < -0.39 is 5.54 Å². The number of hydrogen-bond acceptors (Lipinski definition) is 5. The Morgan fingerprint density at radius 3 is 3.00 bits per heavy atom. The second-order valence-electron chi connectivity index (χ2n) is 6.65. The Morgan fingerprint density at radius 1 is 1.39 bits per heavy atom. The molecule has 1 saturated heterocycles. The number of nitrogens with one attached hydrogen (secondary N) is 1. The number of fused-ring (bicyclic) bond motifs is 4. The number of aromatic nitrogens is 4. The molecule has 8 heteroatoms. The number of amides is 1. The van der Waals surface area contributed by atoms with Crippen LogP contribution in [-0.2, 0) is 10.3 Å². The van der Waals surface area contributed by atoms with Gasteiger partial charge in [0.15, 0.2) is 5.82 Å². The van der Waals surface area contributed by atoms with Gasteiger partial charge < -0.3 is 10.1 Å². The lowest BCUT2D eigenvalue weighted by Crippen LogP contribution is -2.54. The van der Waals surface area contributed by atoms with Crippen molar-refractivity contribution in [1.82, 2.24) is 25.5 Å². The minimum absolute atomic E-state index is 0.133. The van der Waals surface area contributed by atoms with Crippen LogP contribution >= 0.6 is 15.9 Å². The lowest BCUT2D eigenvalue weighted by Gasteiger charge is -2.43. The monoisotopic (exact) mass is 377 g/mol. The van der Waals surface area contributed by atoms with E-state index in [-0.39, 0.29) is 11.5 Å². The summed E-state index contributed by atoms with van der Waals surface area (Å²) in [6, 6.07) is 5.52. The molecule has 1 spiro atoms. The van der Waals surface area contributed by atoms with Crippen molar-refractivity contribution in [2.24, 2.45) is 0 Å². The number of rotatable bonds is 0. The molecule has 1 N–H and O–H groups in total. The average Bonchev–Trinajstić information content (AvgIpc) is 2.93. The average molecular weight is 378 g/mol. The molecule has 1 aromatic carbocycles. The Labute approximate surface area is 141 Å². The standard InChI is InChI=1S/C15H16BrN5O2/c1-14(2)8-15(5-6-23-14)13-18-19-20-21(13)11-4-3-9(16)7-10(11)12(22)17-15/h3-4,7H,5-6,8H2,1-2H3,(H,17,22). The van der Waals surface area contributed by atoms with Crippen LogP contribution in [0.2, 0.25) is 0 Å². The normalized spacial score (nSPS) is 25.4. The largest absolute Gasteiger partial charge is 0.375 e. The number of carbonyl (C=O) groups is 1. The summed E-state index contributed by atoms with van der Waals surface area (Å²) in [6.45, 7) is 4.58. The van der Waals surface area contributed by atoms with Gasteiger partial charge in [0, 0.05) is 23.9 Å². The molecule has 0 radical (unpaired) electrons. The highest BCUT2D eigenvalue weighted by Crippen LogP contribution is 2.41. The van der Waals surface area contributed by atoms with Crippen molar-refractivity contribution in [2.45, 2.75) is 37.8 Å². The summed E-state index contributed by atoms with van der Waals surface area (Å²) < 4.78 is 8.33. The van der Waals surface area contributed by atoms with Gasteiger partial charge in [-0.15, -0.1) is 5.10 Å². The molecule has 0 saturated carbocycles. The van der Waals surface area contributed by atoms with Crippen molar-refractivity contribution in [3.05, 3.63) is 34.1 Å². The van der Waals surface area contributed by atoms with Crippen molar-refractivity contribution >= 4 is 21.8 Å². The molecule has 23 heavy (non-hydrogen) atoms. The zero-order chi connectivity index (χ0) is 16.2. The lowest BCUT2D eigenvalue weighted by molar-refractivity contribution is -0.0894. The number of tetrazole rings is 1. The maximum atomic E-state index is 12.8. The van der Waals surface area contributed by atoms with Crippen molar-refractivity contribution in [3.63, 3.8) is 0 Å². The molecule has 1 unspecified atom stereocenters. The van der Waals surface area contributed by atoms with Gasteiger partial charge in [-0.25, -0.2) is 0 Å². The first-order chi connectivity index (χ1) is 10.9. The van der Waals surface area contributed by atoms with Crippen molar-refractivity contribution in [3.8, 4) is 5.69 Å². The number of carbonyl (C=O) groups excluding carboxylic acids is 1. The molecule has 0 bridgehead atoms. The zero-order valence-corrected chi connectivity index (χ0v) is 14.4. The van der Waals surface area contributed by atoms with Gasteiger partial charge in [-0.3, -0.25) is 4.79 Å². The minimum atomic E-state index is -0.631. The van der Waals surface area contributed by atoms with Gasteiger partial charge in [-0.05, 0) is 42.5 Å². The Bertz CT molecular complexity index is 803. The Hall–Kier alpha value is -1.80. The third-order valence-corrected chi connectivity index (χ3v) is 4.92. The Kier molecular flexibility index (Phi) is 3.11. The third-order valence-electron chi connectivity index (χ3n) is 4.43. The fraction of sp³-hybridized carbons (Fsp3) is 0.467. The minimum Gasteiger partial charge on any atom is -0.375 e. The molecule has 2 aromatic rings. The summed E-state index contributed by atoms with van der Waals surface area (Å²) in [7, 11) is 0. The number of ether oxygens (including phenoxy) is 1. The summed E-state index contributed by atoms with van der Waals surface area (Å²) in [5, 5.41) is 15.4. The highest BCUT2D eigenvalue weighted by atomic mass is 79.9. The molecular formula is C15H16BrN5O2. The second-order valence-corrected chi connectivity index (χ2v) is 7.56. The predicted octanol–water partition coefficient (Wildman–Crippen LogP) is 1.95. The van der Waals surface area contributed by atoms with Gasteiger partial charge in [0.1, 0.15) is 5.54 Å². The van der Waals surface area contributed by atoms with Crippen LogP contribution in [0.3, 0.4) is 0 Å². The molecule has 1 atom stereocenters. The molecule has 120 valence electrons.